The van der Waals surface area contributed by atoms with Crippen LogP contribution in [0.2, 0.25) is 0 Å². The average molecular weight is 280 g/mol. The first-order chi connectivity index (χ1) is 10.3. The van der Waals surface area contributed by atoms with E-state index in [4.69, 9.17) is 0 Å². The Hall–Kier alpha value is -2.29. The number of nitrogens with one attached hydrogen (secondary N) is 1. The topological polar surface area (TPSA) is 32.3 Å². The van der Waals surface area contributed by atoms with Gasteiger partial charge in [0, 0.05) is 19.5 Å². The minimum atomic E-state index is 0.204. The van der Waals surface area contributed by atoms with Crippen LogP contribution in [-0.4, -0.2) is 19.0 Å². The number of carbonyl (C=O) groups excluding carboxylic acids is 1. The second-order valence-electron chi connectivity index (χ2n) is 5.33. The molecule has 2 aromatic rings. The van der Waals surface area contributed by atoms with Crippen LogP contribution < -0.4 is 10.2 Å². The van der Waals surface area contributed by atoms with Gasteiger partial charge in [-0.3, -0.25) is 4.79 Å². The molecule has 0 saturated carbocycles. The Morgan fingerprint density at radius 2 is 1.81 bits per heavy atom. The molecule has 0 spiro atoms. The largest absolute Gasteiger partial charge is 0.383 e. The molecule has 3 rings (SSSR count). The van der Waals surface area contributed by atoms with Crippen molar-refractivity contribution in [2.45, 2.75) is 19.3 Å². The van der Waals surface area contributed by atoms with Gasteiger partial charge in [0.05, 0.1) is 11.4 Å². The number of nitrogens with zero attached hydrogens (tertiary/aromatic N) is 1. The number of hydrogen-bond acceptors (Lipinski definition) is 2. The fraction of sp³-hybridized carbons (Fsp3) is 0.278. The van der Waals surface area contributed by atoms with Crippen molar-refractivity contribution in [2.75, 3.05) is 23.3 Å². The van der Waals surface area contributed by atoms with E-state index in [1.54, 1.807) is 0 Å². The fourth-order valence-electron chi connectivity index (χ4n) is 2.73. The van der Waals surface area contributed by atoms with Crippen molar-refractivity contribution in [3.63, 3.8) is 0 Å². The lowest BCUT2D eigenvalue weighted by atomic mass is 10.1. The van der Waals surface area contributed by atoms with Gasteiger partial charge in [-0.15, -0.1) is 0 Å². The normalized spacial score (nSPS) is 14.0. The van der Waals surface area contributed by atoms with Crippen LogP contribution in [0.5, 0.6) is 0 Å². The highest BCUT2D eigenvalue weighted by Crippen LogP contribution is 2.28. The Morgan fingerprint density at radius 3 is 2.67 bits per heavy atom. The van der Waals surface area contributed by atoms with E-state index in [1.807, 2.05) is 47.4 Å². The van der Waals surface area contributed by atoms with Gasteiger partial charge < -0.3 is 10.2 Å². The van der Waals surface area contributed by atoms with Crippen LogP contribution in [0.3, 0.4) is 0 Å². The van der Waals surface area contributed by atoms with E-state index < -0.39 is 0 Å². The molecule has 108 valence electrons. The summed E-state index contributed by atoms with van der Waals surface area (Å²) in [5, 5.41) is 3.39. The first-order valence-electron chi connectivity index (χ1n) is 7.52. The highest BCUT2D eigenvalue weighted by molar-refractivity contribution is 5.97. The van der Waals surface area contributed by atoms with Gasteiger partial charge in [0.2, 0.25) is 5.91 Å². The first kappa shape index (κ1) is 13.7. The second-order valence-corrected chi connectivity index (χ2v) is 5.33. The summed E-state index contributed by atoms with van der Waals surface area (Å²) in [6, 6.07) is 18.2. The molecular formula is C18H20N2O. The average Bonchev–Trinajstić information content (AvgIpc) is 2.76. The van der Waals surface area contributed by atoms with E-state index in [-0.39, 0.29) is 5.91 Å². The number of benzene rings is 2. The summed E-state index contributed by atoms with van der Waals surface area (Å²) in [6.45, 7) is 1.71. The van der Waals surface area contributed by atoms with Gasteiger partial charge >= 0.3 is 0 Å². The Kier molecular flexibility index (Phi) is 4.20. The maximum absolute atomic E-state index is 12.6. The number of hydrogen-bond donors (Lipinski definition) is 1. The molecule has 0 saturated heterocycles. The van der Waals surface area contributed by atoms with E-state index in [2.05, 4.69) is 17.4 Å². The number of fused-ring (bicyclic) bond motifs is 1. The predicted molar refractivity (Wildman–Crippen MR) is 86.7 cm³/mol. The molecular weight excluding hydrogens is 260 g/mol. The minimum Gasteiger partial charge on any atom is -0.383 e. The van der Waals surface area contributed by atoms with Crippen LogP contribution in [0.15, 0.2) is 54.6 Å². The molecule has 3 nitrogen and oxygen atoms in total. The maximum atomic E-state index is 12.6. The van der Waals surface area contributed by atoms with E-state index in [0.717, 1.165) is 37.3 Å². The van der Waals surface area contributed by atoms with Crippen LogP contribution in [0.4, 0.5) is 11.4 Å². The van der Waals surface area contributed by atoms with Gasteiger partial charge in [0.25, 0.3) is 0 Å². The molecule has 1 amide bonds. The predicted octanol–water partition coefficient (Wildman–Crippen LogP) is 3.47. The molecule has 1 aliphatic rings. The lowest BCUT2D eigenvalue weighted by molar-refractivity contribution is -0.118. The van der Waals surface area contributed by atoms with Crippen LogP contribution in [0.1, 0.15) is 18.4 Å². The summed E-state index contributed by atoms with van der Waals surface area (Å²) < 4.78 is 0. The maximum Gasteiger partial charge on any atom is 0.227 e. The van der Waals surface area contributed by atoms with E-state index in [9.17, 15) is 4.79 Å². The van der Waals surface area contributed by atoms with Gasteiger partial charge in [0.1, 0.15) is 0 Å². The van der Waals surface area contributed by atoms with E-state index in [1.165, 1.54) is 5.56 Å². The molecule has 0 unspecified atom stereocenters. The fourth-order valence-corrected chi connectivity index (χ4v) is 2.73. The molecule has 1 N–H and O–H groups in total. The number of aryl methyl sites for hydroxylation is 1. The molecule has 0 fully saturated rings. The standard InChI is InChI=1S/C18H20N2O/c21-18(12-11-15-7-2-1-3-8-15)20-14-6-13-19-16-9-4-5-10-17(16)20/h1-5,7-10,19H,6,11-14H2. The number of anilines is 2. The van der Waals surface area contributed by atoms with Crippen molar-refractivity contribution < 1.29 is 4.79 Å². The summed E-state index contributed by atoms with van der Waals surface area (Å²) in [5.41, 5.74) is 3.28. The third-order valence-corrected chi connectivity index (χ3v) is 3.84. The van der Waals surface area contributed by atoms with Gasteiger partial charge in [-0.05, 0) is 30.5 Å². The lowest BCUT2D eigenvalue weighted by Crippen LogP contribution is -2.31. The van der Waals surface area contributed by atoms with Gasteiger partial charge in [-0.2, -0.15) is 0 Å². The molecule has 21 heavy (non-hydrogen) atoms. The molecule has 1 aliphatic heterocycles. The summed E-state index contributed by atoms with van der Waals surface area (Å²) in [5.74, 6) is 0.204. The van der Waals surface area contributed by atoms with Gasteiger partial charge in [-0.25, -0.2) is 0 Å². The van der Waals surface area contributed by atoms with E-state index >= 15 is 0 Å². The number of amides is 1. The number of rotatable bonds is 3. The van der Waals surface area contributed by atoms with Crippen molar-refractivity contribution in [3.8, 4) is 0 Å². The Labute approximate surface area is 125 Å². The minimum absolute atomic E-state index is 0.204. The van der Waals surface area contributed by atoms with Crippen molar-refractivity contribution in [2.24, 2.45) is 0 Å². The van der Waals surface area contributed by atoms with Gasteiger partial charge in [-0.1, -0.05) is 42.5 Å². The Morgan fingerprint density at radius 1 is 1.05 bits per heavy atom. The summed E-state index contributed by atoms with van der Waals surface area (Å²) >= 11 is 0. The zero-order valence-electron chi connectivity index (χ0n) is 12.1. The lowest BCUT2D eigenvalue weighted by Gasteiger charge is -2.22. The second kappa shape index (κ2) is 6.44. The van der Waals surface area contributed by atoms with Crippen LogP contribution >= 0.6 is 0 Å². The number of para-hydroxylation sites is 2. The molecule has 1 heterocycles. The van der Waals surface area contributed by atoms with Crippen molar-refractivity contribution >= 4 is 17.3 Å². The Balaban J connectivity index is 1.72. The number of carbonyl (C=O) groups is 1. The zero-order valence-corrected chi connectivity index (χ0v) is 12.1. The smallest absolute Gasteiger partial charge is 0.227 e. The summed E-state index contributed by atoms with van der Waals surface area (Å²) in [6.07, 6.45) is 2.33. The van der Waals surface area contributed by atoms with Crippen LogP contribution in [-0.2, 0) is 11.2 Å². The molecule has 0 aliphatic carbocycles. The van der Waals surface area contributed by atoms with Crippen LogP contribution in [0, 0.1) is 0 Å². The third kappa shape index (κ3) is 3.24. The molecule has 2 aromatic carbocycles. The summed E-state index contributed by atoms with van der Waals surface area (Å²) in [4.78, 5) is 14.5. The Bertz CT molecular complexity index is 610. The monoisotopic (exact) mass is 280 g/mol. The van der Waals surface area contributed by atoms with Crippen molar-refractivity contribution in [1.29, 1.82) is 0 Å². The van der Waals surface area contributed by atoms with Crippen LogP contribution in [0.25, 0.3) is 0 Å². The highest BCUT2D eigenvalue weighted by atomic mass is 16.2. The van der Waals surface area contributed by atoms with E-state index in [0.29, 0.717) is 6.42 Å². The summed E-state index contributed by atoms with van der Waals surface area (Å²) in [7, 11) is 0. The molecule has 3 heteroatoms. The quantitative estimate of drug-likeness (QED) is 0.933. The first-order valence-corrected chi connectivity index (χ1v) is 7.52. The SMILES string of the molecule is O=C(CCc1ccccc1)N1CCCNc2ccccc21. The third-order valence-electron chi connectivity index (χ3n) is 3.84. The molecule has 0 bridgehead atoms. The van der Waals surface area contributed by atoms with Gasteiger partial charge in [0.15, 0.2) is 0 Å². The molecule has 0 radical (unpaired) electrons. The van der Waals surface area contributed by atoms with Crippen molar-refractivity contribution in [3.05, 3.63) is 60.2 Å². The van der Waals surface area contributed by atoms with Crippen molar-refractivity contribution in [1.82, 2.24) is 0 Å². The zero-order chi connectivity index (χ0) is 14.5. The molecule has 0 atom stereocenters. The highest BCUT2D eigenvalue weighted by Gasteiger charge is 2.20. The molecule has 0 aromatic heterocycles.